The molecule has 4 nitrogen and oxygen atoms in total. The number of hydrogen-bond donors (Lipinski definition) is 0. The molecule has 0 aliphatic heterocycles. The molecular weight excluding hydrogens is 384 g/mol. The second-order valence-electron chi connectivity index (χ2n) is 7.62. The van der Waals surface area contributed by atoms with Crippen LogP contribution in [0.15, 0.2) is 85.2 Å². The first-order chi connectivity index (χ1) is 15.3. The highest BCUT2D eigenvalue weighted by molar-refractivity contribution is 6.07. The largest absolute Gasteiger partial charge is 0.496 e. The van der Waals surface area contributed by atoms with Gasteiger partial charge in [-0.05, 0) is 36.4 Å². The number of benzene rings is 2. The normalized spacial score (nSPS) is 11.5. The van der Waals surface area contributed by atoms with E-state index < -0.39 is 0 Å². The predicted octanol–water partition coefficient (Wildman–Crippen LogP) is 6.43. The van der Waals surface area contributed by atoms with E-state index in [0.717, 1.165) is 55.6 Å². The summed E-state index contributed by atoms with van der Waals surface area (Å²) in [5, 5.41) is 2.19. The fourth-order valence-electron chi connectivity index (χ4n) is 4.68. The molecule has 2 aromatic carbocycles. The first kappa shape index (κ1) is 17.8. The molecule has 31 heavy (non-hydrogen) atoms. The molecule has 0 saturated carbocycles. The van der Waals surface area contributed by atoms with E-state index in [0.29, 0.717) is 0 Å². The summed E-state index contributed by atoms with van der Waals surface area (Å²) in [4.78, 5) is 4.53. The van der Waals surface area contributed by atoms with Crippen LogP contribution >= 0.6 is 0 Å². The third-order valence-electron chi connectivity index (χ3n) is 6.02. The van der Waals surface area contributed by atoms with E-state index in [-0.39, 0.29) is 0 Å². The van der Waals surface area contributed by atoms with Crippen molar-refractivity contribution in [2.75, 3.05) is 14.2 Å². The molecule has 0 amide bonds. The molecule has 4 heterocycles. The van der Waals surface area contributed by atoms with Crippen molar-refractivity contribution in [1.82, 2.24) is 9.38 Å². The van der Waals surface area contributed by atoms with Gasteiger partial charge in [0, 0.05) is 45.4 Å². The fourth-order valence-corrected chi connectivity index (χ4v) is 4.68. The maximum Gasteiger partial charge on any atom is 0.126 e. The van der Waals surface area contributed by atoms with Gasteiger partial charge in [0.15, 0.2) is 0 Å². The van der Waals surface area contributed by atoms with Gasteiger partial charge in [-0.15, -0.1) is 0 Å². The van der Waals surface area contributed by atoms with Gasteiger partial charge in [0.2, 0.25) is 0 Å². The molecule has 6 aromatic rings. The van der Waals surface area contributed by atoms with Crippen molar-refractivity contribution in [2.45, 2.75) is 0 Å². The van der Waals surface area contributed by atoms with Crippen LogP contribution in [0.25, 0.3) is 49.6 Å². The fraction of sp³-hybridized carbons (Fsp3) is 0.0741. The van der Waals surface area contributed by atoms with Gasteiger partial charge in [-0.2, -0.15) is 0 Å². The topological polar surface area (TPSA) is 35.8 Å². The lowest BCUT2D eigenvalue weighted by molar-refractivity contribution is 0.416. The zero-order valence-electron chi connectivity index (χ0n) is 17.3. The minimum Gasteiger partial charge on any atom is -0.496 e. The lowest BCUT2D eigenvalue weighted by Crippen LogP contribution is -1.98. The smallest absolute Gasteiger partial charge is 0.126 e. The molecule has 4 heteroatoms. The molecule has 0 spiro atoms. The first-order valence-corrected chi connectivity index (χ1v) is 10.2. The number of rotatable bonds is 4. The molecule has 0 fully saturated rings. The Hall–Kier alpha value is -4.05. The molecule has 150 valence electrons. The van der Waals surface area contributed by atoms with Gasteiger partial charge in [0.05, 0.1) is 30.8 Å². The number of methoxy groups -OCH3 is 2. The third kappa shape index (κ3) is 2.51. The van der Waals surface area contributed by atoms with Crippen LogP contribution in [-0.4, -0.2) is 23.6 Å². The number of pyridine rings is 3. The second kappa shape index (κ2) is 6.74. The summed E-state index contributed by atoms with van der Waals surface area (Å²) in [5.41, 5.74) is 7.82. The molecule has 0 bridgehead atoms. The van der Waals surface area contributed by atoms with Crippen molar-refractivity contribution >= 4 is 27.3 Å². The summed E-state index contributed by atoms with van der Waals surface area (Å²) < 4.78 is 13.7. The van der Waals surface area contributed by atoms with Crippen molar-refractivity contribution < 1.29 is 9.47 Å². The van der Waals surface area contributed by atoms with Gasteiger partial charge in [-0.25, -0.2) is 0 Å². The molecule has 4 aromatic heterocycles. The quantitative estimate of drug-likeness (QED) is 0.340. The van der Waals surface area contributed by atoms with Gasteiger partial charge in [0.1, 0.15) is 11.5 Å². The van der Waals surface area contributed by atoms with Crippen molar-refractivity contribution in [3.8, 4) is 33.8 Å². The summed E-state index contributed by atoms with van der Waals surface area (Å²) in [6.45, 7) is 0. The maximum absolute atomic E-state index is 5.67. The highest BCUT2D eigenvalue weighted by Crippen LogP contribution is 2.42. The molecule has 0 aliphatic carbocycles. The Bertz CT molecular complexity index is 1450. The zero-order chi connectivity index (χ0) is 20.9. The Balaban J connectivity index is 1.77. The van der Waals surface area contributed by atoms with E-state index in [1.807, 2.05) is 48.8 Å². The van der Waals surface area contributed by atoms with Crippen LogP contribution in [-0.2, 0) is 0 Å². The number of hydrogen-bond acceptors (Lipinski definition) is 3. The van der Waals surface area contributed by atoms with Gasteiger partial charge in [-0.1, -0.05) is 36.4 Å². The molecular formula is C27H20N2O2. The molecule has 0 unspecified atom stereocenters. The highest BCUT2D eigenvalue weighted by atomic mass is 16.5. The Labute approximate surface area is 179 Å². The SMILES string of the molecule is COc1ccccc1-c1cc2cncc3cc(-c4ccccc4OC)c4ccc1n4c23. The molecule has 0 atom stereocenters. The Morgan fingerprint density at radius 2 is 1.10 bits per heavy atom. The van der Waals surface area contributed by atoms with Crippen LogP contribution in [0.3, 0.4) is 0 Å². The lowest BCUT2D eigenvalue weighted by Gasteiger charge is -2.17. The maximum atomic E-state index is 5.67. The average Bonchev–Trinajstić information content (AvgIpc) is 3.28. The highest BCUT2D eigenvalue weighted by Gasteiger charge is 2.19. The molecule has 0 aliphatic rings. The van der Waals surface area contributed by atoms with Crippen LogP contribution in [0.5, 0.6) is 11.5 Å². The molecule has 6 rings (SSSR count). The van der Waals surface area contributed by atoms with Gasteiger partial charge in [0.25, 0.3) is 0 Å². The van der Waals surface area contributed by atoms with Gasteiger partial charge < -0.3 is 13.9 Å². The summed E-state index contributed by atoms with van der Waals surface area (Å²) in [5.74, 6) is 1.71. The van der Waals surface area contributed by atoms with Crippen molar-refractivity contribution in [2.24, 2.45) is 0 Å². The van der Waals surface area contributed by atoms with E-state index >= 15 is 0 Å². The summed E-state index contributed by atoms with van der Waals surface area (Å²) in [6.07, 6.45) is 3.87. The third-order valence-corrected chi connectivity index (χ3v) is 6.02. The van der Waals surface area contributed by atoms with Crippen molar-refractivity contribution in [1.29, 1.82) is 0 Å². The summed E-state index contributed by atoms with van der Waals surface area (Å²) >= 11 is 0. The minimum absolute atomic E-state index is 0.855. The van der Waals surface area contributed by atoms with Gasteiger partial charge >= 0.3 is 0 Å². The van der Waals surface area contributed by atoms with E-state index in [1.165, 1.54) is 5.52 Å². The monoisotopic (exact) mass is 404 g/mol. The van der Waals surface area contributed by atoms with Crippen LogP contribution in [0.2, 0.25) is 0 Å². The number of aromatic nitrogens is 2. The minimum atomic E-state index is 0.855. The van der Waals surface area contributed by atoms with Crippen molar-refractivity contribution in [3.63, 3.8) is 0 Å². The van der Waals surface area contributed by atoms with Crippen LogP contribution < -0.4 is 9.47 Å². The Morgan fingerprint density at radius 3 is 1.58 bits per heavy atom. The molecule has 0 saturated heterocycles. The van der Waals surface area contributed by atoms with Crippen LogP contribution in [0.4, 0.5) is 0 Å². The van der Waals surface area contributed by atoms with E-state index in [9.17, 15) is 0 Å². The van der Waals surface area contributed by atoms with Crippen LogP contribution in [0, 0.1) is 0 Å². The van der Waals surface area contributed by atoms with E-state index in [2.05, 4.69) is 45.8 Å². The average molecular weight is 404 g/mol. The summed E-state index contributed by atoms with van der Waals surface area (Å²) in [6, 6.07) is 25.1. The molecule has 0 N–H and O–H groups in total. The van der Waals surface area contributed by atoms with E-state index in [1.54, 1.807) is 14.2 Å². The first-order valence-electron chi connectivity index (χ1n) is 10.2. The van der Waals surface area contributed by atoms with E-state index in [4.69, 9.17) is 9.47 Å². The number of nitrogens with zero attached hydrogens (tertiary/aromatic N) is 2. The van der Waals surface area contributed by atoms with Crippen LogP contribution in [0.1, 0.15) is 0 Å². The predicted molar refractivity (Wildman–Crippen MR) is 125 cm³/mol. The standard InChI is InChI=1S/C27H20N2O2/c1-30-25-9-5-3-7-19(25)21-13-17-15-28-16-18-14-22(20-8-4-6-10-26(20)31-2)24-12-11-23(21)29(24)27(17)18/h3-16H,1-2H3. The number of para-hydroxylation sites is 2. The second-order valence-corrected chi connectivity index (χ2v) is 7.62. The zero-order valence-corrected chi connectivity index (χ0v) is 17.3. The van der Waals surface area contributed by atoms with Crippen molar-refractivity contribution in [3.05, 3.63) is 85.2 Å². The Kier molecular flexibility index (Phi) is 3.87. The Morgan fingerprint density at radius 1 is 0.613 bits per heavy atom. The summed E-state index contributed by atoms with van der Waals surface area (Å²) in [7, 11) is 3.43. The number of ether oxygens (including phenoxy) is 2. The molecule has 0 radical (unpaired) electrons. The van der Waals surface area contributed by atoms with Gasteiger partial charge in [-0.3, -0.25) is 4.98 Å². The lowest BCUT2D eigenvalue weighted by atomic mass is 9.99.